The fourth-order valence-electron chi connectivity index (χ4n) is 3.34. The number of fused-ring (bicyclic) bond motifs is 1. The molecule has 0 aliphatic heterocycles. The van der Waals surface area contributed by atoms with Crippen LogP contribution in [0.15, 0.2) is 23.1 Å². The van der Waals surface area contributed by atoms with E-state index < -0.39 is 0 Å². The summed E-state index contributed by atoms with van der Waals surface area (Å²) in [6.45, 7) is 0.616. The van der Waals surface area contributed by atoms with Gasteiger partial charge < -0.3 is 10.4 Å². The predicted molar refractivity (Wildman–Crippen MR) is 85.5 cm³/mol. The van der Waals surface area contributed by atoms with Crippen molar-refractivity contribution in [3.63, 3.8) is 0 Å². The van der Waals surface area contributed by atoms with Gasteiger partial charge in [-0.1, -0.05) is 12.5 Å². The third kappa shape index (κ3) is 3.80. The fourth-order valence-corrected chi connectivity index (χ4v) is 4.13. The maximum Gasteiger partial charge on any atom is 0.230 e. The third-order valence-electron chi connectivity index (χ3n) is 4.62. The average Bonchev–Trinajstić information content (AvgIpc) is 3.11. The van der Waals surface area contributed by atoms with E-state index in [1.807, 2.05) is 0 Å². The lowest BCUT2D eigenvalue weighted by atomic mass is 10.1. The van der Waals surface area contributed by atoms with E-state index in [2.05, 4.69) is 23.5 Å². The molecule has 0 spiro atoms. The van der Waals surface area contributed by atoms with Gasteiger partial charge in [0.25, 0.3) is 0 Å². The third-order valence-corrected chi connectivity index (χ3v) is 5.61. The molecule has 2 aliphatic carbocycles. The molecule has 1 aromatic carbocycles. The van der Waals surface area contributed by atoms with Gasteiger partial charge in [-0.25, -0.2) is 0 Å². The topological polar surface area (TPSA) is 49.3 Å². The quantitative estimate of drug-likeness (QED) is 0.822. The zero-order valence-electron chi connectivity index (χ0n) is 12.3. The van der Waals surface area contributed by atoms with E-state index in [-0.39, 0.29) is 17.9 Å². The van der Waals surface area contributed by atoms with Crippen molar-refractivity contribution in [3.05, 3.63) is 29.3 Å². The first kappa shape index (κ1) is 14.9. The van der Waals surface area contributed by atoms with Crippen LogP contribution < -0.4 is 5.32 Å². The van der Waals surface area contributed by atoms with Gasteiger partial charge in [0.15, 0.2) is 0 Å². The summed E-state index contributed by atoms with van der Waals surface area (Å²) in [4.78, 5) is 13.1. The molecule has 2 N–H and O–H groups in total. The van der Waals surface area contributed by atoms with Gasteiger partial charge in [0, 0.05) is 17.4 Å². The van der Waals surface area contributed by atoms with Crippen LogP contribution in [-0.2, 0) is 17.6 Å². The van der Waals surface area contributed by atoms with Crippen LogP contribution >= 0.6 is 11.8 Å². The minimum atomic E-state index is -0.227. The molecule has 0 heterocycles. The molecular formula is C17H23NO2S. The van der Waals surface area contributed by atoms with Crippen LogP contribution in [0.3, 0.4) is 0 Å². The Morgan fingerprint density at radius 1 is 1.24 bits per heavy atom. The highest BCUT2D eigenvalue weighted by atomic mass is 32.2. The minimum absolute atomic E-state index is 0.0691. The van der Waals surface area contributed by atoms with Gasteiger partial charge in [0.05, 0.1) is 11.9 Å². The fraction of sp³-hybridized carbons (Fsp3) is 0.588. The summed E-state index contributed by atoms with van der Waals surface area (Å²) >= 11 is 1.60. The van der Waals surface area contributed by atoms with Gasteiger partial charge in [-0.3, -0.25) is 4.79 Å². The Hall–Kier alpha value is -1.00. The van der Waals surface area contributed by atoms with E-state index in [4.69, 9.17) is 0 Å². The van der Waals surface area contributed by atoms with Crippen molar-refractivity contribution in [3.8, 4) is 0 Å². The lowest BCUT2D eigenvalue weighted by Crippen LogP contribution is -2.33. The highest BCUT2D eigenvalue weighted by Gasteiger charge is 2.25. The zero-order valence-corrected chi connectivity index (χ0v) is 13.1. The summed E-state index contributed by atoms with van der Waals surface area (Å²) in [7, 11) is 0. The average molecular weight is 305 g/mol. The van der Waals surface area contributed by atoms with E-state index in [9.17, 15) is 9.90 Å². The molecule has 2 atom stereocenters. The Morgan fingerprint density at radius 2 is 2.10 bits per heavy atom. The molecule has 2 unspecified atom stereocenters. The summed E-state index contributed by atoms with van der Waals surface area (Å²) in [5.41, 5.74) is 2.92. The lowest BCUT2D eigenvalue weighted by Gasteiger charge is -2.15. The molecule has 21 heavy (non-hydrogen) atoms. The molecule has 114 valence electrons. The first-order valence-corrected chi connectivity index (χ1v) is 8.90. The Kier molecular flexibility index (Phi) is 4.86. The number of aliphatic hydroxyl groups is 1. The van der Waals surface area contributed by atoms with Crippen molar-refractivity contribution in [1.82, 2.24) is 5.32 Å². The van der Waals surface area contributed by atoms with Gasteiger partial charge >= 0.3 is 0 Å². The van der Waals surface area contributed by atoms with Crippen LogP contribution in [0.4, 0.5) is 0 Å². The number of hydrogen-bond acceptors (Lipinski definition) is 3. The van der Waals surface area contributed by atoms with Crippen LogP contribution in [0.25, 0.3) is 0 Å². The number of rotatable bonds is 5. The van der Waals surface area contributed by atoms with Crippen molar-refractivity contribution in [2.45, 2.75) is 49.5 Å². The lowest BCUT2D eigenvalue weighted by molar-refractivity contribution is -0.118. The maximum atomic E-state index is 11.9. The second-order valence-electron chi connectivity index (χ2n) is 6.14. The van der Waals surface area contributed by atoms with Gasteiger partial charge in [0.1, 0.15) is 0 Å². The Labute approximate surface area is 130 Å². The molecule has 0 bridgehead atoms. The largest absolute Gasteiger partial charge is 0.393 e. The molecule has 0 saturated heterocycles. The van der Waals surface area contributed by atoms with Crippen molar-refractivity contribution in [2.75, 3.05) is 12.3 Å². The first-order chi connectivity index (χ1) is 10.2. The summed E-state index contributed by atoms with van der Waals surface area (Å²) < 4.78 is 0. The molecule has 0 radical (unpaired) electrons. The van der Waals surface area contributed by atoms with E-state index in [0.29, 0.717) is 12.3 Å². The summed E-state index contributed by atoms with van der Waals surface area (Å²) in [5.74, 6) is 0.778. The monoisotopic (exact) mass is 305 g/mol. The number of aliphatic hydroxyl groups excluding tert-OH is 1. The van der Waals surface area contributed by atoms with Crippen molar-refractivity contribution in [1.29, 1.82) is 0 Å². The first-order valence-electron chi connectivity index (χ1n) is 7.92. The molecule has 3 nitrogen and oxygen atoms in total. The number of nitrogens with one attached hydrogen (secondary N) is 1. The number of amides is 1. The van der Waals surface area contributed by atoms with Crippen LogP contribution in [0.5, 0.6) is 0 Å². The number of benzene rings is 1. The molecule has 1 saturated carbocycles. The van der Waals surface area contributed by atoms with E-state index in [0.717, 1.165) is 19.3 Å². The molecule has 3 rings (SSSR count). The van der Waals surface area contributed by atoms with Gasteiger partial charge in [0.2, 0.25) is 5.91 Å². The standard InChI is InChI=1S/C17H23NO2S/c19-16-6-2-5-14(16)10-18-17(20)11-21-15-8-7-12-3-1-4-13(12)9-15/h7-9,14,16,19H,1-6,10-11H2,(H,18,20). The molecule has 2 aliphatic rings. The highest BCUT2D eigenvalue weighted by Crippen LogP contribution is 2.27. The number of carbonyl (C=O) groups is 1. The summed E-state index contributed by atoms with van der Waals surface area (Å²) in [5, 5.41) is 12.7. The molecule has 0 aromatic heterocycles. The highest BCUT2D eigenvalue weighted by molar-refractivity contribution is 8.00. The maximum absolute atomic E-state index is 11.9. The SMILES string of the molecule is O=C(CSc1ccc2c(c1)CCC2)NCC1CCCC1O. The Morgan fingerprint density at radius 3 is 2.90 bits per heavy atom. The van der Waals surface area contributed by atoms with Crippen LogP contribution in [-0.4, -0.2) is 29.4 Å². The van der Waals surface area contributed by atoms with Gasteiger partial charge in [-0.05, 0) is 55.4 Å². The Bertz CT molecular complexity index is 518. The summed E-state index contributed by atoms with van der Waals surface area (Å²) in [6, 6.07) is 6.57. The predicted octanol–water partition coefficient (Wildman–Crippen LogP) is 2.54. The minimum Gasteiger partial charge on any atom is -0.393 e. The van der Waals surface area contributed by atoms with Crippen molar-refractivity contribution in [2.24, 2.45) is 5.92 Å². The second-order valence-corrected chi connectivity index (χ2v) is 7.18. The normalized spacial score (nSPS) is 24.0. The molecule has 1 amide bonds. The van der Waals surface area contributed by atoms with Crippen molar-refractivity contribution >= 4 is 17.7 Å². The zero-order chi connectivity index (χ0) is 14.7. The smallest absolute Gasteiger partial charge is 0.230 e. The van der Waals surface area contributed by atoms with Crippen LogP contribution in [0, 0.1) is 5.92 Å². The van der Waals surface area contributed by atoms with E-state index in [1.54, 1.807) is 11.8 Å². The Balaban J connectivity index is 1.43. The number of hydrogen-bond donors (Lipinski definition) is 2. The van der Waals surface area contributed by atoms with Gasteiger partial charge in [-0.15, -0.1) is 11.8 Å². The molecule has 1 aromatic rings. The molecular weight excluding hydrogens is 282 g/mol. The van der Waals surface area contributed by atoms with Crippen molar-refractivity contribution < 1.29 is 9.90 Å². The second kappa shape index (κ2) is 6.84. The number of thioether (sulfide) groups is 1. The number of aryl methyl sites for hydroxylation is 2. The summed E-state index contributed by atoms with van der Waals surface area (Å²) in [6.07, 6.45) is 6.39. The van der Waals surface area contributed by atoms with Crippen LogP contribution in [0.1, 0.15) is 36.8 Å². The van der Waals surface area contributed by atoms with E-state index >= 15 is 0 Å². The molecule has 4 heteroatoms. The molecule has 1 fully saturated rings. The van der Waals surface area contributed by atoms with Crippen LogP contribution in [0.2, 0.25) is 0 Å². The van der Waals surface area contributed by atoms with Gasteiger partial charge in [-0.2, -0.15) is 0 Å². The van der Waals surface area contributed by atoms with E-state index in [1.165, 1.54) is 35.3 Å². The number of carbonyl (C=O) groups excluding carboxylic acids is 1.